The molecule has 0 unspecified atom stereocenters. The van der Waals surface area contributed by atoms with Crippen molar-refractivity contribution in [2.75, 3.05) is 32.7 Å². The number of nitrogens with two attached hydrogens (primary N) is 1. The molecule has 1 aromatic rings. The Labute approximate surface area is 116 Å². The van der Waals surface area contributed by atoms with Crippen molar-refractivity contribution in [2.45, 2.75) is 6.92 Å². The maximum absolute atomic E-state index is 12.3. The van der Waals surface area contributed by atoms with E-state index >= 15 is 0 Å². The van der Waals surface area contributed by atoms with Crippen molar-refractivity contribution in [1.82, 2.24) is 9.80 Å². The van der Waals surface area contributed by atoms with E-state index in [4.69, 9.17) is 18.0 Å². The molecule has 0 bridgehead atoms. The molecule has 0 atom stereocenters. The van der Waals surface area contributed by atoms with Gasteiger partial charge in [0.15, 0.2) is 0 Å². The summed E-state index contributed by atoms with van der Waals surface area (Å²) in [6.45, 7) is 5.81. The van der Waals surface area contributed by atoms with Crippen LogP contribution in [0.5, 0.6) is 0 Å². The molecule has 0 saturated carbocycles. The van der Waals surface area contributed by atoms with Crippen LogP contribution in [0.1, 0.15) is 15.2 Å². The third-order valence-corrected chi connectivity index (χ3v) is 4.23. The Morgan fingerprint density at radius 3 is 2.61 bits per heavy atom. The van der Waals surface area contributed by atoms with E-state index in [0.717, 1.165) is 36.6 Å². The van der Waals surface area contributed by atoms with Crippen LogP contribution in [0.15, 0.2) is 11.4 Å². The predicted molar refractivity (Wildman–Crippen MR) is 78.2 cm³/mol. The molecule has 1 aliphatic rings. The molecule has 2 N–H and O–H groups in total. The zero-order valence-electron chi connectivity index (χ0n) is 10.4. The lowest BCUT2D eigenvalue weighted by atomic mass is 10.2. The molecule has 2 rings (SSSR count). The first-order valence-corrected chi connectivity index (χ1v) is 7.20. The summed E-state index contributed by atoms with van der Waals surface area (Å²) in [5.41, 5.74) is 6.59. The number of rotatable bonds is 3. The molecule has 0 aliphatic carbocycles. The summed E-state index contributed by atoms with van der Waals surface area (Å²) in [5, 5.41) is 1.96. The average Bonchev–Trinajstić information content (AvgIpc) is 2.75. The van der Waals surface area contributed by atoms with Crippen molar-refractivity contribution < 1.29 is 4.79 Å². The Hall–Kier alpha value is -0.980. The maximum atomic E-state index is 12.3. The lowest BCUT2D eigenvalue weighted by Gasteiger charge is -2.34. The quantitative estimate of drug-likeness (QED) is 0.844. The van der Waals surface area contributed by atoms with Crippen molar-refractivity contribution in [3.8, 4) is 0 Å². The third-order valence-electron chi connectivity index (χ3n) is 3.10. The summed E-state index contributed by atoms with van der Waals surface area (Å²) in [5.74, 6) is 0.150. The van der Waals surface area contributed by atoms with E-state index in [1.165, 1.54) is 11.3 Å². The van der Waals surface area contributed by atoms with Crippen LogP contribution in [0.25, 0.3) is 0 Å². The van der Waals surface area contributed by atoms with Gasteiger partial charge in [-0.05, 0) is 23.9 Å². The predicted octanol–water partition coefficient (Wildman–Crippen LogP) is 1.10. The Kier molecular flexibility index (Phi) is 4.31. The van der Waals surface area contributed by atoms with E-state index < -0.39 is 0 Å². The molecule has 18 heavy (non-hydrogen) atoms. The maximum Gasteiger partial charge on any atom is 0.264 e. The highest BCUT2D eigenvalue weighted by Crippen LogP contribution is 2.18. The van der Waals surface area contributed by atoms with Gasteiger partial charge in [0.25, 0.3) is 5.91 Å². The van der Waals surface area contributed by atoms with Gasteiger partial charge in [0.05, 0.1) is 9.87 Å². The molecular weight excluding hydrogens is 266 g/mol. The second kappa shape index (κ2) is 5.77. The molecule has 1 amide bonds. The van der Waals surface area contributed by atoms with Gasteiger partial charge in [0.2, 0.25) is 0 Å². The number of hydrogen-bond donors (Lipinski definition) is 1. The van der Waals surface area contributed by atoms with Crippen LogP contribution in [0, 0.1) is 6.92 Å². The lowest BCUT2D eigenvalue weighted by Crippen LogP contribution is -2.50. The largest absolute Gasteiger partial charge is 0.392 e. The molecule has 4 nitrogen and oxygen atoms in total. The molecule has 0 aromatic carbocycles. The van der Waals surface area contributed by atoms with Crippen LogP contribution < -0.4 is 5.73 Å². The van der Waals surface area contributed by atoms with E-state index in [-0.39, 0.29) is 5.91 Å². The molecule has 6 heteroatoms. The Morgan fingerprint density at radius 1 is 1.44 bits per heavy atom. The van der Waals surface area contributed by atoms with Gasteiger partial charge in [0, 0.05) is 32.7 Å². The first-order valence-electron chi connectivity index (χ1n) is 5.92. The normalized spacial score (nSPS) is 16.8. The second-order valence-electron chi connectivity index (χ2n) is 4.47. The van der Waals surface area contributed by atoms with Gasteiger partial charge in [-0.3, -0.25) is 9.69 Å². The average molecular weight is 283 g/mol. The number of carbonyl (C=O) groups excluding carboxylic acids is 1. The van der Waals surface area contributed by atoms with Gasteiger partial charge in [-0.15, -0.1) is 11.3 Å². The van der Waals surface area contributed by atoms with E-state index in [9.17, 15) is 4.79 Å². The summed E-state index contributed by atoms with van der Waals surface area (Å²) >= 11 is 6.41. The van der Waals surface area contributed by atoms with E-state index in [1.54, 1.807) is 0 Å². The Morgan fingerprint density at radius 2 is 2.11 bits per heavy atom. The topological polar surface area (TPSA) is 49.6 Å². The number of aryl methyl sites for hydroxylation is 1. The first-order chi connectivity index (χ1) is 8.58. The number of thiophene rings is 1. The van der Waals surface area contributed by atoms with Crippen molar-refractivity contribution >= 4 is 34.5 Å². The summed E-state index contributed by atoms with van der Waals surface area (Å²) in [4.78, 5) is 17.8. The van der Waals surface area contributed by atoms with Crippen molar-refractivity contribution in [2.24, 2.45) is 5.73 Å². The minimum Gasteiger partial charge on any atom is -0.392 e. The van der Waals surface area contributed by atoms with Crippen molar-refractivity contribution in [3.63, 3.8) is 0 Å². The fraction of sp³-hybridized carbons (Fsp3) is 0.500. The highest BCUT2D eigenvalue weighted by atomic mass is 32.1. The molecule has 2 heterocycles. The van der Waals surface area contributed by atoms with Crippen LogP contribution >= 0.6 is 23.6 Å². The monoisotopic (exact) mass is 283 g/mol. The van der Waals surface area contributed by atoms with Gasteiger partial charge >= 0.3 is 0 Å². The fourth-order valence-electron chi connectivity index (χ4n) is 2.06. The molecule has 1 fully saturated rings. The summed E-state index contributed by atoms with van der Waals surface area (Å²) in [6.07, 6.45) is 0. The molecule has 98 valence electrons. The number of hydrogen-bond acceptors (Lipinski definition) is 4. The summed E-state index contributed by atoms with van der Waals surface area (Å²) in [6, 6.07) is 1.99. The standard InChI is InChI=1S/C12H17N3OS2/c1-9-2-7-18-11(9)12(16)15-5-3-14(4-6-15)8-10(13)17/h2,7H,3-6,8H2,1H3,(H2,13,17). The van der Waals surface area contributed by atoms with Gasteiger partial charge < -0.3 is 10.6 Å². The van der Waals surface area contributed by atoms with Crippen LogP contribution in [0.3, 0.4) is 0 Å². The van der Waals surface area contributed by atoms with Crippen LogP contribution in [-0.4, -0.2) is 53.4 Å². The smallest absolute Gasteiger partial charge is 0.264 e. The molecule has 1 aliphatic heterocycles. The number of thiocarbonyl (C=S) groups is 1. The van der Waals surface area contributed by atoms with E-state index in [2.05, 4.69) is 4.90 Å². The Bertz CT molecular complexity index is 450. The Balaban J connectivity index is 1.92. The van der Waals surface area contributed by atoms with Crippen LogP contribution in [-0.2, 0) is 0 Å². The summed E-state index contributed by atoms with van der Waals surface area (Å²) < 4.78 is 0. The van der Waals surface area contributed by atoms with Crippen molar-refractivity contribution in [3.05, 3.63) is 21.9 Å². The molecule has 0 spiro atoms. The summed E-state index contributed by atoms with van der Waals surface area (Å²) in [7, 11) is 0. The number of piperazine rings is 1. The fourth-order valence-corrected chi connectivity index (χ4v) is 3.14. The van der Waals surface area contributed by atoms with Crippen LogP contribution in [0.4, 0.5) is 0 Å². The zero-order valence-corrected chi connectivity index (χ0v) is 12.0. The molecule has 0 radical (unpaired) electrons. The molecule has 1 saturated heterocycles. The molecule has 1 aromatic heterocycles. The first kappa shape index (κ1) is 13.5. The number of nitrogens with zero attached hydrogens (tertiary/aromatic N) is 2. The second-order valence-corrected chi connectivity index (χ2v) is 5.91. The van der Waals surface area contributed by atoms with Gasteiger partial charge in [-0.2, -0.15) is 0 Å². The van der Waals surface area contributed by atoms with E-state index in [0.29, 0.717) is 11.5 Å². The van der Waals surface area contributed by atoms with Gasteiger partial charge in [0.1, 0.15) is 0 Å². The third kappa shape index (κ3) is 3.07. The van der Waals surface area contributed by atoms with Crippen molar-refractivity contribution in [1.29, 1.82) is 0 Å². The highest BCUT2D eigenvalue weighted by molar-refractivity contribution is 7.80. The lowest BCUT2D eigenvalue weighted by molar-refractivity contribution is 0.0658. The van der Waals surface area contributed by atoms with Crippen LogP contribution in [0.2, 0.25) is 0 Å². The number of amides is 1. The minimum absolute atomic E-state index is 0.150. The highest BCUT2D eigenvalue weighted by Gasteiger charge is 2.23. The minimum atomic E-state index is 0.150. The van der Waals surface area contributed by atoms with E-state index in [1.807, 2.05) is 23.3 Å². The zero-order chi connectivity index (χ0) is 13.1. The number of carbonyl (C=O) groups is 1. The van der Waals surface area contributed by atoms with Gasteiger partial charge in [-0.25, -0.2) is 0 Å². The van der Waals surface area contributed by atoms with Gasteiger partial charge in [-0.1, -0.05) is 12.2 Å². The molecular formula is C12H17N3OS2. The SMILES string of the molecule is Cc1ccsc1C(=O)N1CCN(CC(N)=S)CC1.